The SMILES string of the molecule is N#CC(C#N)COCC(C#N)C#N. The van der Waals surface area contributed by atoms with Gasteiger partial charge in [-0.15, -0.1) is 0 Å². The minimum Gasteiger partial charge on any atom is -0.377 e. The van der Waals surface area contributed by atoms with Crippen LogP contribution in [0.3, 0.4) is 0 Å². The Balaban J connectivity index is 3.72. The summed E-state index contributed by atoms with van der Waals surface area (Å²) in [6.07, 6.45) is 0. The second-order valence-corrected chi connectivity index (χ2v) is 2.16. The van der Waals surface area contributed by atoms with Gasteiger partial charge >= 0.3 is 0 Å². The average Bonchev–Trinajstić information content (AvgIpc) is 2.19. The third kappa shape index (κ3) is 4.38. The second-order valence-electron chi connectivity index (χ2n) is 2.16. The number of hydrogen-bond donors (Lipinski definition) is 0. The fourth-order valence-electron chi connectivity index (χ4n) is 0.511. The van der Waals surface area contributed by atoms with E-state index < -0.39 is 11.8 Å². The van der Waals surface area contributed by atoms with Gasteiger partial charge in [-0.25, -0.2) is 0 Å². The smallest absolute Gasteiger partial charge is 0.156 e. The first-order valence-electron chi connectivity index (χ1n) is 3.44. The number of ether oxygens (including phenoxy) is 1. The molecule has 0 saturated carbocycles. The highest BCUT2D eigenvalue weighted by atomic mass is 16.5. The molecule has 0 fully saturated rings. The van der Waals surface area contributed by atoms with Crippen LogP contribution >= 0.6 is 0 Å². The molecule has 0 aromatic carbocycles. The molecule has 0 radical (unpaired) electrons. The molecule has 0 atom stereocenters. The van der Waals surface area contributed by atoms with E-state index >= 15 is 0 Å². The van der Waals surface area contributed by atoms with Crippen molar-refractivity contribution in [2.45, 2.75) is 0 Å². The Kier molecular flexibility index (Phi) is 5.56. The molecule has 0 aliphatic rings. The van der Waals surface area contributed by atoms with Crippen molar-refractivity contribution in [2.24, 2.45) is 11.8 Å². The van der Waals surface area contributed by atoms with Crippen molar-refractivity contribution >= 4 is 0 Å². The van der Waals surface area contributed by atoms with Gasteiger partial charge in [0.05, 0.1) is 37.5 Å². The summed E-state index contributed by atoms with van der Waals surface area (Å²) in [6.45, 7) is -0.125. The molecule has 0 unspecified atom stereocenters. The van der Waals surface area contributed by atoms with Gasteiger partial charge in [0.25, 0.3) is 0 Å². The third-order valence-electron chi connectivity index (χ3n) is 1.19. The molecule has 0 amide bonds. The fraction of sp³-hybridized carbons (Fsp3) is 0.500. The van der Waals surface area contributed by atoms with Gasteiger partial charge < -0.3 is 4.74 Å². The zero-order valence-electron chi connectivity index (χ0n) is 6.77. The van der Waals surface area contributed by atoms with Crippen LogP contribution in [0.2, 0.25) is 0 Å². The van der Waals surface area contributed by atoms with E-state index in [9.17, 15) is 0 Å². The molecule has 0 aliphatic heterocycles. The monoisotopic (exact) mass is 174 g/mol. The maximum absolute atomic E-state index is 8.32. The van der Waals surface area contributed by atoms with Crippen LogP contribution in [0.25, 0.3) is 0 Å². The first kappa shape index (κ1) is 10.9. The Morgan fingerprint density at radius 2 is 1.08 bits per heavy atom. The molecule has 0 rings (SSSR count). The summed E-state index contributed by atoms with van der Waals surface area (Å²) in [5.74, 6) is -1.67. The standard InChI is InChI=1S/C8H6N4O/c9-1-7(2-10)5-13-6-8(3-11)4-12/h7-8H,5-6H2. The predicted molar refractivity (Wildman–Crippen MR) is 40.3 cm³/mol. The van der Waals surface area contributed by atoms with Crippen molar-refractivity contribution in [3.8, 4) is 24.3 Å². The maximum Gasteiger partial charge on any atom is 0.156 e. The van der Waals surface area contributed by atoms with Crippen LogP contribution in [0.15, 0.2) is 0 Å². The van der Waals surface area contributed by atoms with E-state index in [-0.39, 0.29) is 13.2 Å². The molecular weight excluding hydrogens is 168 g/mol. The minimum atomic E-state index is -0.835. The van der Waals surface area contributed by atoms with E-state index in [2.05, 4.69) is 0 Å². The van der Waals surface area contributed by atoms with Crippen LogP contribution in [0, 0.1) is 57.2 Å². The van der Waals surface area contributed by atoms with Gasteiger partial charge in [0, 0.05) is 0 Å². The summed E-state index contributed by atoms with van der Waals surface area (Å²) in [6, 6.07) is 6.84. The molecule has 64 valence electrons. The normalized spacial score (nSPS) is 8.46. The van der Waals surface area contributed by atoms with E-state index in [1.54, 1.807) is 24.3 Å². The molecule has 5 heteroatoms. The Labute approximate surface area is 76.0 Å². The van der Waals surface area contributed by atoms with Crippen molar-refractivity contribution < 1.29 is 4.74 Å². The molecule has 0 heterocycles. The van der Waals surface area contributed by atoms with E-state index in [1.165, 1.54) is 0 Å². The molecule has 0 aliphatic carbocycles. The number of nitrogens with zero attached hydrogens (tertiary/aromatic N) is 4. The Hall–Kier alpha value is -2.08. The molecule has 5 nitrogen and oxygen atoms in total. The maximum atomic E-state index is 8.32. The largest absolute Gasteiger partial charge is 0.377 e. The quantitative estimate of drug-likeness (QED) is 0.610. The lowest BCUT2D eigenvalue weighted by Crippen LogP contribution is -2.11. The van der Waals surface area contributed by atoms with E-state index in [0.717, 1.165) is 0 Å². The summed E-state index contributed by atoms with van der Waals surface area (Å²) >= 11 is 0. The molecule has 0 bridgehead atoms. The van der Waals surface area contributed by atoms with Gasteiger partial charge in [-0.3, -0.25) is 0 Å². The van der Waals surface area contributed by atoms with Crippen molar-refractivity contribution in [3.63, 3.8) is 0 Å². The predicted octanol–water partition coefficient (Wildman–Crippen LogP) is 0.330. The first-order chi connectivity index (χ1) is 6.28. The molecule has 0 saturated heterocycles. The van der Waals surface area contributed by atoms with Gasteiger partial charge in [-0.2, -0.15) is 21.0 Å². The van der Waals surface area contributed by atoms with Crippen LogP contribution in [0.4, 0.5) is 0 Å². The lowest BCUT2D eigenvalue weighted by atomic mass is 10.2. The summed E-state index contributed by atoms with van der Waals surface area (Å²) in [5, 5.41) is 33.3. The van der Waals surface area contributed by atoms with E-state index in [0.29, 0.717) is 0 Å². The molecular formula is C8H6N4O. The second kappa shape index (κ2) is 6.62. The van der Waals surface area contributed by atoms with Crippen molar-refractivity contribution in [3.05, 3.63) is 0 Å². The molecule has 0 spiro atoms. The Bertz CT molecular complexity index is 251. The summed E-state index contributed by atoms with van der Waals surface area (Å²) < 4.78 is 4.83. The van der Waals surface area contributed by atoms with Crippen LogP contribution in [-0.2, 0) is 4.74 Å². The lowest BCUT2D eigenvalue weighted by molar-refractivity contribution is 0.118. The minimum absolute atomic E-state index is 0.0626. The van der Waals surface area contributed by atoms with Crippen molar-refractivity contribution in [1.29, 1.82) is 21.0 Å². The van der Waals surface area contributed by atoms with Gasteiger partial charge in [0.2, 0.25) is 0 Å². The average molecular weight is 174 g/mol. The summed E-state index contributed by atoms with van der Waals surface area (Å²) in [7, 11) is 0. The summed E-state index contributed by atoms with van der Waals surface area (Å²) in [5.41, 5.74) is 0. The van der Waals surface area contributed by atoms with Gasteiger partial charge in [0.1, 0.15) is 0 Å². The zero-order chi connectivity index (χ0) is 10.1. The van der Waals surface area contributed by atoms with Crippen LogP contribution in [-0.4, -0.2) is 13.2 Å². The van der Waals surface area contributed by atoms with Crippen molar-refractivity contribution in [1.82, 2.24) is 0 Å². The number of nitriles is 4. The van der Waals surface area contributed by atoms with E-state index in [4.69, 9.17) is 25.8 Å². The van der Waals surface area contributed by atoms with Gasteiger partial charge in [-0.1, -0.05) is 0 Å². The molecule has 0 N–H and O–H groups in total. The molecule has 0 aromatic rings. The van der Waals surface area contributed by atoms with Gasteiger partial charge in [0.15, 0.2) is 11.8 Å². The van der Waals surface area contributed by atoms with Crippen molar-refractivity contribution in [2.75, 3.05) is 13.2 Å². The van der Waals surface area contributed by atoms with Crippen LogP contribution in [0.1, 0.15) is 0 Å². The number of hydrogen-bond acceptors (Lipinski definition) is 5. The third-order valence-corrected chi connectivity index (χ3v) is 1.19. The zero-order valence-corrected chi connectivity index (χ0v) is 6.77. The fourth-order valence-corrected chi connectivity index (χ4v) is 0.511. The Morgan fingerprint density at radius 1 is 0.769 bits per heavy atom. The van der Waals surface area contributed by atoms with Gasteiger partial charge in [-0.05, 0) is 0 Å². The molecule has 13 heavy (non-hydrogen) atoms. The van der Waals surface area contributed by atoms with Crippen LogP contribution < -0.4 is 0 Å². The summed E-state index contributed by atoms with van der Waals surface area (Å²) in [4.78, 5) is 0. The van der Waals surface area contributed by atoms with E-state index in [1.807, 2.05) is 0 Å². The Morgan fingerprint density at radius 3 is 1.31 bits per heavy atom. The molecule has 0 aromatic heterocycles. The first-order valence-corrected chi connectivity index (χ1v) is 3.44. The highest BCUT2D eigenvalue weighted by molar-refractivity contribution is 5.00. The highest BCUT2D eigenvalue weighted by Gasteiger charge is 2.09. The number of rotatable bonds is 4. The highest BCUT2D eigenvalue weighted by Crippen LogP contribution is 1.97. The topological polar surface area (TPSA) is 104 Å². The van der Waals surface area contributed by atoms with Crippen LogP contribution in [0.5, 0.6) is 0 Å². The lowest BCUT2D eigenvalue weighted by Gasteiger charge is -2.02.